The number of aromatic nitrogens is 1. The highest BCUT2D eigenvalue weighted by molar-refractivity contribution is 7.86. The molecule has 0 bridgehead atoms. The van der Waals surface area contributed by atoms with E-state index in [2.05, 4.69) is 0 Å². The first-order valence-electron chi connectivity index (χ1n) is 3.83. The van der Waals surface area contributed by atoms with Gasteiger partial charge in [-0.1, -0.05) is 6.07 Å². The summed E-state index contributed by atoms with van der Waals surface area (Å²) < 4.78 is 32.1. The van der Waals surface area contributed by atoms with Gasteiger partial charge in [0, 0.05) is 11.6 Å². The second-order valence-corrected chi connectivity index (χ2v) is 4.28. The van der Waals surface area contributed by atoms with Gasteiger partial charge in [-0.3, -0.25) is 9.23 Å². The van der Waals surface area contributed by atoms with Crippen molar-refractivity contribution in [3.63, 3.8) is 0 Å². The summed E-state index contributed by atoms with van der Waals surface area (Å²) in [6.07, 6.45) is 1.53. The molecule has 14 heavy (non-hydrogen) atoms. The number of nitrogens with two attached hydrogens (primary N) is 1. The molecule has 1 aromatic heterocycles. The molecule has 5 nitrogen and oxygen atoms in total. The lowest BCUT2D eigenvalue weighted by Gasteiger charge is -2.00. The Labute approximate surface area is 80.5 Å². The maximum atomic E-state index is 11.0. The average molecular weight is 212 g/mol. The molecule has 0 aliphatic rings. The molecule has 0 fully saturated rings. The summed E-state index contributed by atoms with van der Waals surface area (Å²) in [4.78, 5) is -0.126. The molecule has 0 saturated heterocycles. The van der Waals surface area contributed by atoms with Gasteiger partial charge >= 0.3 is 0 Å². The molecule has 0 atom stereocenters. The van der Waals surface area contributed by atoms with Crippen LogP contribution >= 0.6 is 0 Å². The van der Waals surface area contributed by atoms with Crippen molar-refractivity contribution in [2.75, 3.05) is 5.84 Å². The first-order chi connectivity index (χ1) is 6.50. The quantitative estimate of drug-likeness (QED) is 0.535. The topological polar surface area (TPSA) is 85.3 Å². The van der Waals surface area contributed by atoms with E-state index in [0.717, 1.165) is 0 Å². The molecule has 0 unspecified atom stereocenters. The standard InChI is InChI=1S/C8H8N2O3S/c9-10-5-4-6-7(10)2-1-3-8(6)14(11,12)13/h1-5H,9H2,(H,11,12,13). The van der Waals surface area contributed by atoms with E-state index >= 15 is 0 Å². The fraction of sp³-hybridized carbons (Fsp3) is 0. The van der Waals surface area contributed by atoms with Crippen molar-refractivity contribution in [3.8, 4) is 0 Å². The molecule has 1 heterocycles. The summed E-state index contributed by atoms with van der Waals surface area (Å²) in [6, 6.07) is 6.06. The third-order valence-electron chi connectivity index (χ3n) is 2.00. The lowest BCUT2D eigenvalue weighted by molar-refractivity contribution is 0.484. The predicted octanol–water partition coefficient (Wildman–Crippen LogP) is 0.602. The van der Waals surface area contributed by atoms with E-state index in [-0.39, 0.29) is 4.90 Å². The van der Waals surface area contributed by atoms with Gasteiger partial charge in [-0.15, -0.1) is 0 Å². The van der Waals surface area contributed by atoms with Gasteiger partial charge in [0.05, 0.1) is 5.52 Å². The van der Waals surface area contributed by atoms with Gasteiger partial charge in [0.25, 0.3) is 10.1 Å². The van der Waals surface area contributed by atoms with Crippen LogP contribution in [0.4, 0.5) is 0 Å². The number of nitrogen functional groups attached to an aromatic ring is 1. The summed E-state index contributed by atoms with van der Waals surface area (Å²) in [6.45, 7) is 0. The smallest absolute Gasteiger partial charge is 0.295 e. The molecule has 74 valence electrons. The molecular formula is C8H8N2O3S. The molecule has 0 radical (unpaired) electrons. The van der Waals surface area contributed by atoms with Crippen LogP contribution in [0, 0.1) is 0 Å². The number of rotatable bonds is 1. The van der Waals surface area contributed by atoms with Crippen molar-refractivity contribution < 1.29 is 13.0 Å². The molecule has 0 saturated carbocycles. The molecule has 2 rings (SSSR count). The SMILES string of the molecule is Nn1ccc2c(S(=O)(=O)O)cccc21. The fourth-order valence-corrected chi connectivity index (χ4v) is 2.09. The van der Waals surface area contributed by atoms with Gasteiger partial charge in [-0.25, -0.2) is 0 Å². The van der Waals surface area contributed by atoms with E-state index in [9.17, 15) is 8.42 Å². The monoisotopic (exact) mass is 212 g/mol. The lowest BCUT2D eigenvalue weighted by Crippen LogP contribution is -2.05. The number of benzene rings is 1. The van der Waals surface area contributed by atoms with Gasteiger partial charge in [0.1, 0.15) is 4.90 Å². The van der Waals surface area contributed by atoms with Crippen LogP contribution in [0.15, 0.2) is 35.4 Å². The number of fused-ring (bicyclic) bond motifs is 1. The summed E-state index contributed by atoms with van der Waals surface area (Å²) in [5.74, 6) is 5.53. The zero-order chi connectivity index (χ0) is 10.3. The van der Waals surface area contributed by atoms with Crippen LogP contribution in [0.2, 0.25) is 0 Å². The van der Waals surface area contributed by atoms with Crippen LogP contribution in [0.1, 0.15) is 0 Å². The second-order valence-electron chi connectivity index (χ2n) is 2.89. The minimum atomic E-state index is -4.18. The third kappa shape index (κ3) is 1.24. The Morgan fingerprint density at radius 2 is 2.00 bits per heavy atom. The maximum Gasteiger partial charge on any atom is 0.295 e. The van der Waals surface area contributed by atoms with Crippen LogP contribution in [-0.4, -0.2) is 17.6 Å². The summed E-state index contributed by atoms with van der Waals surface area (Å²) in [7, 11) is -4.18. The minimum Gasteiger partial charge on any atom is -0.339 e. The van der Waals surface area contributed by atoms with Crippen LogP contribution < -0.4 is 5.84 Å². The average Bonchev–Trinajstić information content (AvgIpc) is 2.46. The van der Waals surface area contributed by atoms with Crippen molar-refractivity contribution >= 4 is 21.0 Å². The van der Waals surface area contributed by atoms with Gasteiger partial charge in [0.2, 0.25) is 0 Å². The Morgan fingerprint density at radius 1 is 1.29 bits per heavy atom. The highest BCUT2D eigenvalue weighted by Crippen LogP contribution is 2.22. The number of nitrogens with zero attached hydrogens (tertiary/aromatic N) is 1. The number of hydrogen-bond acceptors (Lipinski definition) is 3. The summed E-state index contributed by atoms with van der Waals surface area (Å²) in [5.41, 5.74) is 0.556. The highest BCUT2D eigenvalue weighted by atomic mass is 32.2. The van der Waals surface area contributed by atoms with Crippen molar-refractivity contribution in [1.82, 2.24) is 4.68 Å². The second kappa shape index (κ2) is 2.73. The first kappa shape index (κ1) is 9.04. The lowest BCUT2D eigenvalue weighted by atomic mass is 10.2. The maximum absolute atomic E-state index is 11.0. The van der Waals surface area contributed by atoms with Crippen molar-refractivity contribution in [3.05, 3.63) is 30.5 Å². The normalized spacial score (nSPS) is 12.1. The molecule has 0 aliphatic heterocycles. The van der Waals surface area contributed by atoms with E-state index in [1.807, 2.05) is 0 Å². The molecule has 0 spiro atoms. The Balaban J connectivity index is 2.92. The molecule has 0 amide bonds. The van der Waals surface area contributed by atoms with Gasteiger partial charge in [0.15, 0.2) is 0 Å². The molecule has 6 heteroatoms. The van der Waals surface area contributed by atoms with Crippen molar-refractivity contribution in [2.45, 2.75) is 4.90 Å². The van der Waals surface area contributed by atoms with Gasteiger partial charge < -0.3 is 5.84 Å². The van der Waals surface area contributed by atoms with E-state index < -0.39 is 10.1 Å². The molecule has 2 aromatic rings. The fourth-order valence-electron chi connectivity index (χ4n) is 1.39. The highest BCUT2D eigenvalue weighted by Gasteiger charge is 2.14. The first-order valence-corrected chi connectivity index (χ1v) is 5.27. The summed E-state index contributed by atoms with van der Waals surface area (Å²) in [5, 5.41) is 0.414. The minimum absolute atomic E-state index is 0.126. The van der Waals surface area contributed by atoms with Gasteiger partial charge in [-0.2, -0.15) is 8.42 Å². The van der Waals surface area contributed by atoms with Crippen LogP contribution in [-0.2, 0) is 10.1 Å². The van der Waals surface area contributed by atoms with Crippen LogP contribution in [0.3, 0.4) is 0 Å². The van der Waals surface area contributed by atoms with Crippen molar-refractivity contribution in [1.29, 1.82) is 0 Å². The van der Waals surface area contributed by atoms with E-state index in [1.54, 1.807) is 12.1 Å². The van der Waals surface area contributed by atoms with E-state index in [4.69, 9.17) is 10.4 Å². The Kier molecular flexibility index (Phi) is 1.76. The van der Waals surface area contributed by atoms with Crippen molar-refractivity contribution in [2.24, 2.45) is 0 Å². The Hall–Kier alpha value is -1.53. The van der Waals surface area contributed by atoms with Crippen LogP contribution in [0.25, 0.3) is 10.9 Å². The Bertz CT molecular complexity index is 586. The molecule has 0 aliphatic carbocycles. The van der Waals surface area contributed by atoms with E-state index in [1.165, 1.54) is 23.0 Å². The van der Waals surface area contributed by atoms with Gasteiger partial charge in [-0.05, 0) is 18.2 Å². The zero-order valence-corrected chi connectivity index (χ0v) is 7.90. The Morgan fingerprint density at radius 3 is 2.64 bits per heavy atom. The van der Waals surface area contributed by atoms with E-state index in [0.29, 0.717) is 10.9 Å². The predicted molar refractivity (Wildman–Crippen MR) is 51.9 cm³/mol. The largest absolute Gasteiger partial charge is 0.339 e. The molecule has 1 aromatic carbocycles. The zero-order valence-electron chi connectivity index (χ0n) is 7.08. The number of hydrogen-bond donors (Lipinski definition) is 2. The van der Waals surface area contributed by atoms with Crippen LogP contribution in [0.5, 0.6) is 0 Å². The molecular weight excluding hydrogens is 204 g/mol. The third-order valence-corrected chi connectivity index (χ3v) is 2.91. The summed E-state index contributed by atoms with van der Waals surface area (Å²) >= 11 is 0. The molecule has 3 N–H and O–H groups in total.